The average Bonchev–Trinajstić information content (AvgIpc) is 2.32. The van der Waals surface area contributed by atoms with Crippen LogP contribution in [0.2, 0.25) is 10.0 Å². The van der Waals surface area contributed by atoms with Crippen molar-refractivity contribution in [1.82, 2.24) is 5.32 Å². The summed E-state index contributed by atoms with van der Waals surface area (Å²) in [5, 5.41) is 3.29. The van der Waals surface area contributed by atoms with Crippen LogP contribution in [0.1, 0.15) is 10.4 Å². The number of halogens is 3. The molecule has 0 aliphatic carbocycles. The third kappa shape index (κ3) is 4.72. The van der Waals surface area contributed by atoms with Gasteiger partial charge in [-0.15, -0.1) is 11.6 Å². The van der Waals surface area contributed by atoms with E-state index in [9.17, 15) is 4.79 Å². The molecule has 6 heteroatoms. The first kappa shape index (κ1) is 14.6. The third-order valence-corrected chi connectivity index (χ3v) is 2.92. The van der Waals surface area contributed by atoms with Crippen LogP contribution in [-0.2, 0) is 4.74 Å². The summed E-state index contributed by atoms with van der Waals surface area (Å²) < 4.78 is 5.12. The van der Waals surface area contributed by atoms with Crippen molar-refractivity contribution in [2.24, 2.45) is 0 Å². The minimum atomic E-state index is -0.271. The molecule has 1 aromatic rings. The van der Waals surface area contributed by atoms with Crippen molar-refractivity contribution in [3.05, 3.63) is 33.8 Å². The van der Waals surface area contributed by atoms with Gasteiger partial charge in [-0.1, -0.05) is 29.3 Å². The summed E-state index contributed by atoms with van der Waals surface area (Å²) in [5.41, 5.74) is 0.358. The molecule has 1 aromatic carbocycles. The highest BCUT2D eigenvalue weighted by Crippen LogP contribution is 2.25. The second kappa shape index (κ2) is 7.77. The Morgan fingerprint density at radius 3 is 2.76 bits per heavy atom. The van der Waals surface area contributed by atoms with E-state index in [2.05, 4.69) is 5.32 Å². The lowest BCUT2D eigenvalue weighted by Gasteiger charge is -2.07. The van der Waals surface area contributed by atoms with Crippen molar-refractivity contribution in [3.8, 4) is 0 Å². The maximum absolute atomic E-state index is 11.7. The molecular formula is C11H12Cl3NO2. The maximum atomic E-state index is 11.7. The Morgan fingerprint density at radius 2 is 2.06 bits per heavy atom. The van der Waals surface area contributed by atoms with Crippen molar-refractivity contribution in [3.63, 3.8) is 0 Å². The molecule has 1 amide bonds. The van der Waals surface area contributed by atoms with Crippen molar-refractivity contribution < 1.29 is 9.53 Å². The van der Waals surface area contributed by atoms with Gasteiger partial charge in [0.1, 0.15) is 0 Å². The molecule has 0 aliphatic rings. The van der Waals surface area contributed by atoms with Gasteiger partial charge in [-0.3, -0.25) is 4.79 Å². The fourth-order valence-electron chi connectivity index (χ4n) is 1.17. The summed E-state index contributed by atoms with van der Waals surface area (Å²) in [6, 6.07) is 4.92. The van der Waals surface area contributed by atoms with E-state index in [0.29, 0.717) is 36.2 Å². The zero-order valence-corrected chi connectivity index (χ0v) is 11.3. The number of nitrogens with one attached hydrogen (secondary N) is 1. The molecule has 0 heterocycles. The van der Waals surface area contributed by atoms with Crippen LogP contribution in [0.4, 0.5) is 0 Å². The van der Waals surface area contributed by atoms with E-state index in [0.717, 1.165) is 0 Å². The number of alkyl halides is 1. The summed E-state index contributed by atoms with van der Waals surface area (Å²) in [6.07, 6.45) is 0. The Hall–Kier alpha value is -0.480. The number of carbonyl (C=O) groups is 1. The number of hydrogen-bond acceptors (Lipinski definition) is 2. The minimum Gasteiger partial charge on any atom is -0.378 e. The zero-order valence-electron chi connectivity index (χ0n) is 9.01. The highest BCUT2D eigenvalue weighted by atomic mass is 35.5. The van der Waals surface area contributed by atoms with Gasteiger partial charge in [0.15, 0.2) is 0 Å². The van der Waals surface area contributed by atoms with Gasteiger partial charge in [0.2, 0.25) is 0 Å². The van der Waals surface area contributed by atoms with Gasteiger partial charge in [-0.25, -0.2) is 0 Å². The second-order valence-corrected chi connectivity index (χ2v) is 4.32. The van der Waals surface area contributed by atoms with E-state index in [1.165, 1.54) is 0 Å². The van der Waals surface area contributed by atoms with Gasteiger partial charge in [-0.05, 0) is 12.1 Å². The molecule has 0 aromatic heterocycles. The summed E-state index contributed by atoms with van der Waals surface area (Å²) in [6.45, 7) is 1.28. The summed E-state index contributed by atoms with van der Waals surface area (Å²) in [7, 11) is 0. The summed E-state index contributed by atoms with van der Waals surface area (Å²) >= 11 is 17.2. The summed E-state index contributed by atoms with van der Waals surface area (Å²) in [5.74, 6) is 0.167. The van der Waals surface area contributed by atoms with Crippen molar-refractivity contribution in [1.29, 1.82) is 0 Å². The molecule has 0 saturated carbocycles. The van der Waals surface area contributed by atoms with Crippen LogP contribution in [0.15, 0.2) is 18.2 Å². The second-order valence-electron chi connectivity index (χ2n) is 3.16. The van der Waals surface area contributed by atoms with Crippen LogP contribution >= 0.6 is 34.8 Å². The first-order chi connectivity index (χ1) is 8.16. The largest absolute Gasteiger partial charge is 0.378 e. The molecule has 1 rings (SSSR count). The lowest BCUT2D eigenvalue weighted by molar-refractivity contribution is 0.0923. The van der Waals surface area contributed by atoms with Crippen molar-refractivity contribution in [2.75, 3.05) is 25.6 Å². The van der Waals surface area contributed by atoms with Gasteiger partial charge < -0.3 is 10.1 Å². The van der Waals surface area contributed by atoms with Crippen LogP contribution in [0.25, 0.3) is 0 Å². The van der Waals surface area contributed by atoms with Crippen molar-refractivity contribution in [2.45, 2.75) is 0 Å². The maximum Gasteiger partial charge on any atom is 0.252 e. The van der Waals surface area contributed by atoms with Gasteiger partial charge in [0, 0.05) is 12.4 Å². The molecule has 0 fully saturated rings. The number of ether oxygens (including phenoxy) is 1. The van der Waals surface area contributed by atoms with E-state index in [4.69, 9.17) is 39.5 Å². The summed E-state index contributed by atoms with van der Waals surface area (Å²) in [4.78, 5) is 11.7. The lowest BCUT2D eigenvalue weighted by Crippen LogP contribution is -2.27. The number of amides is 1. The van der Waals surface area contributed by atoms with E-state index in [-0.39, 0.29) is 10.9 Å². The fraction of sp³-hybridized carbons (Fsp3) is 0.364. The first-order valence-corrected chi connectivity index (χ1v) is 6.31. The molecule has 1 N–H and O–H groups in total. The van der Waals surface area contributed by atoms with E-state index in [1.54, 1.807) is 18.2 Å². The molecule has 17 heavy (non-hydrogen) atoms. The van der Waals surface area contributed by atoms with Gasteiger partial charge >= 0.3 is 0 Å². The van der Waals surface area contributed by atoms with Crippen LogP contribution in [0.5, 0.6) is 0 Å². The predicted octanol–water partition coefficient (Wildman–Crippen LogP) is 2.98. The van der Waals surface area contributed by atoms with Gasteiger partial charge in [-0.2, -0.15) is 0 Å². The molecule has 0 aliphatic heterocycles. The number of rotatable bonds is 6. The quantitative estimate of drug-likeness (QED) is 0.647. The minimum absolute atomic E-state index is 0.258. The first-order valence-electron chi connectivity index (χ1n) is 5.02. The highest BCUT2D eigenvalue weighted by molar-refractivity contribution is 6.43. The molecule has 0 saturated heterocycles. The Morgan fingerprint density at radius 1 is 1.29 bits per heavy atom. The lowest BCUT2D eigenvalue weighted by atomic mass is 10.2. The normalized spacial score (nSPS) is 10.3. The van der Waals surface area contributed by atoms with E-state index < -0.39 is 0 Å². The van der Waals surface area contributed by atoms with Gasteiger partial charge in [0.05, 0.1) is 28.8 Å². The Balaban J connectivity index is 2.44. The van der Waals surface area contributed by atoms with Crippen molar-refractivity contribution >= 4 is 40.7 Å². The molecule has 3 nitrogen and oxygen atoms in total. The molecular weight excluding hydrogens is 284 g/mol. The van der Waals surface area contributed by atoms with Crippen LogP contribution in [-0.4, -0.2) is 31.5 Å². The highest BCUT2D eigenvalue weighted by Gasteiger charge is 2.11. The predicted molar refractivity (Wildman–Crippen MR) is 70.3 cm³/mol. The third-order valence-electron chi connectivity index (χ3n) is 1.95. The fourth-order valence-corrected chi connectivity index (χ4v) is 1.66. The Bertz CT molecular complexity index is 385. The number of benzene rings is 1. The topological polar surface area (TPSA) is 38.3 Å². The number of hydrogen-bond donors (Lipinski definition) is 1. The Kier molecular flexibility index (Phi) is 6.66. The Labute approximate surface area is 115 Å². The number of carbonyl (C=O) groups excluding carboxylic acids is 1. The monoisotopic (exact) mass is 295 g/mol. The molecule has 0 unspecified atom stereocenters. The van der Waals surface area contributed by atoms with Crippen LogP contribution in [0.3, 0.4) is 0 Å². The van der Waals surface area contributed by atoms with Crippen LogP contribution < -0.4 is 5.32 Å². The molecule has 0 radical (unpaired) electrons. The SMILES string of the molecule is O=C(NCCOCCCl)c1cccc(Cl)c1Cl. The zero-order chi connectivity index (χ0) is 12.7. The smallest absolute Gasteiger partial charge is 0.252 e. The van der Waals surface area contributed by atoms with E-state index >= 15 is 0 Å². The van der Waals surface area contributed by atoms with E-state index in [1.807, 2.05) is 0 Å². The molecule has 0 bridgehead atoms. The van der Waals surface area contributed by atoms with Gasteiger partial charge in [0.25, 0.3) is 5.91 Å². The molecule has 0 atom stereocenters. The average molecular weight is 297 g/mol. The van der Waals surface area contributed by atoms with Crippen LogP contribution in [0, 0.1) is 0 Å². The molecule has 0 spiro atoms. The standard InChI is InChI=1S/C11H12Cl3NO2/c12-4-6-17-7-5-15-11(16)8-2-1-3-9(13)10(8)14/h1-3H,4-7H2,(H,15,16). The molecule has 94 valence electrons.